The van der Waals surface area contributed by atoms with E-state index >= 15 is 0 Å². The van der Waals surface area contributed by atoms with Crippen LogP contribution in [-0.2, 0) is 4.79 Å². The molecule has 0 bridgehead atoms. The van der Waals surface area contributed by atoms with Crippen LogP contribution in [0.2, 0.25) is 0 Å². The molecule has 0 aliphatic heterocycles. The van der Waals surface area contributed by atoms with Crippen molar-refractivity contribution in [1.82, 2.24) is 0 Å². The third-order valence-corrected chi connectivity index (χ3v) is 5.84. The van der Waals surface area contributed by atoms with Crippen LogP contribution in [-0.4, -0.2) is 19.0 Å². The van der Waals surface area contributed by atoms with Crippen molar-refractivity contribution >= 4 is 17.9 Å². The SMILES string of the molecule is CCOc1ccccc1/C=C1\CC(C(C)(C)C)C/C(=C\c2ccccc2OCC)C1=O. The zero-order valence-corrected chi connectivity index (χ0v) is 19.4. The van der Waals surface area contributed by atoms with Gasteiger partial charge in [-0.1, -0.05) is 57.2 Å². The summed E-state index contributed by atoms with van der Waals surface area (Å²) in [7, 11) is 0. The number of rotatable bonds is 6. The lowest BCUT2D eigenvalue weighted by atomic mass is 9.68. The maximum atomic E-state index is 13.5. The molecule has 0 amide bonds. The van der Waals surface area contributed by atoms with Gasteiger partial charge in [0.2, 0.25) is 0 Å². The minimum Gasteiger partial charge on any atom is -0.493 e. The third kappa shape index (κ3) is 5.66. The minimum absolute atomic E-state index is 0.0950. The first-order valence-electron chi connectivity index (χ1n) is 11.2. The topological polar surface area (TPSA) is 35.5 Å². The fraction of sp³-hybridized carbons (Fsp3) is 0.393. The second kappa shape index (κ2) is 10.00. The number of ether oxygens (including phenoxy) is 2. The molecule has 0 N–H and O–H groups in total. The highest BCUT2D eigenvalue weighted by Gasteiger charge is 2.34. The van der Waals surface area contributed by atoms with Gasteiger partial charge in [-0.15, -0.1) is 0 Å². The molecule has 31 heavy (non-hydrogen) atoms. The average molecular weight is 419 g/mol. The molecule has 2 aromatic rings. The molecule has 1 fully saturated rings. The van der Waals surface area contributed by atoms with Crippen molar-refractivity contribution in [3.05, 3.63) is 70.8 Å². The zero-order valence-electron chi connectivity index (χ0n) is 19.4. The Morgan fingerprint density at radius 1 is 0.806 bits per heavy atom. The Labute approximate surface area is 186 Å². The van der Waals surface area contributed by atoms with Crippen LogP contribution in [0.5, 0.6) is 11.5 Å². The molecular formula is C28H34O3. The monoisotopic (exact) mass is 418 g/mol. The Hall–Kier alpha value is -2.81. The number of carbonyl (C=O) groups excluding carboxylic acids is 1. The first-order chi connectivity index (χ1) is 14.8. The van der Waals surface area contributed by atoms with E-state index in [1.165, 1.54) is 0 Å². The Morgan fingerprint density at radius 2 is 1.23 bits per heavy atom. The van der Waals surface area contributed by atoms with Gasteiger partial charge in [-0.25, -0.2) is 0 Å². The molecule has 3 rings (SSSR count). The summed E-state index contributed by atoms with van der Waals surface area (Å²) >= 11 is 0. The number of hydrogen-bond acceptors (Lipinski definition) is 3. The Balaban J connectivity index is 2.05. The van der Waals surface area contributed by atoms with Crippen LogP contribution in [0.25, 0.3) is 12.2 Å². The van der Waals surface area contributed by atoms with E-state index in [0.29, 0.717) is 19.1 Å². The number of carbonyl (C=O) groups is 1. The van der Waals surface area contributed by atoms with Crippen molar-refractivity contribution in [2.24, 2.45) is 11.3 Å². The van der Waals surface area contributed by atoms with Crippen LogP contribution in [0.3, 0.4) is 0 Å². The molecule has 0 heterocycles. The van der Waals surface area contributed by atoms with Crippen LogP contribution in [0.1, 0.15) is 58.6 Å². The lowest BCUT2D eigenvalue weighted by Crippen LogP contribution is -2.29. The van der Waals surface area contributed by atoms with E-state index in [4.69, 9.17) is 9.47 Å². The van der Waals surface area contributed by atoms with Gasteiger partial charge in [-0.3, -0.25) is 4.79 Å². The highest BCUT2D eigenvalue weighted by atomic mass is 16.5. The van der Waals surface area contributed by atoms with E-state index in [2.05, 4.69) is 20.8 Å². The van der Waals surface area contributed by atoms with Gasteiger partial charge in [-0.05, 0) is 62.3 Å². The quantitative estimate of drug-likeness (QED) is 0.475. The lowest BCUT2D eigenvalue weighted by Gasteiger charge is -2.35. The molecule has 0 aromatic heterocycles. The molecule has 0 radical (unpaired) electrons. The summed E-state index contributed by atoms with van der Waals surface area (Å²) < 4.78 is 11.6. The minimum atomic E-state index is 0.0950. The summed E-state index contributed by atoms with van der Waals surface area (Å²) in [5.41, 5.74) is 3.70. The predicted octanol–water partition coefficient (Wildman–Crippen LogP) is 6.98. The Kier molecular flexibility index (Phi) is 7.37. The van der Waals surface area contributed by atoms with Gasteiger partial charge in [0, 0.05) is 22.3 Å². The summed E-state index contributed by atoms with van der Waals surface area (Å²) in [6.45, 7) is 11.9. The summed E-state index contributed by atoms with van der Waals surface area (Å²) in [6, 6.07) is 15.8. The maximum Gasteiger partial charge on any atom is 0.185 e. The molecule has 1 aliphatic rings. The molecule has 1 aliphatic carbocycles. The van der Waals surface area contributed by atoms with Gasteiger partial charge >= 0.3 is 0 Å². The predicted molar refractivity (Wildman–Crippen MR) is 128 cm³/mol. The van der Waals surface area contributed by atoms with E-state index in [-0.39, 0.29) is 11.2 Å². The highest BCUT2D eigenvalue weighted by Crippen LogP contribution is 2.42. The molecule has 2 aromatic carbocycles. The van der Waals surface area contributed by atoms with Crippen molar-refractivity contribution in [2.45, 2.75) is 47.5 Å². The standard InChI is InChI=1S/C28H34O3/c1-6-30-25-14-10-8-12-20(25)16-22-18-24(28(3,4)5)19-23(27(22)29)17-21-13-9-11-15-26(21)31-7-2/h8-17,24H,6-7,18-19H2,1-5H3/b22-16+,23-17+. The fourth-order valence-corrected chi connectivity index (χ4v) is 4.00. The maximum absolute atomic E-state index is 13.5. The third-order valence-electron chi connectivity index (χ3n) is 5.84. The van der Waals surface area contributed by atoms with Crippen LogP contribution < -0.4 is 9.47 Å². The summed E-state index contributed by atoms with van der Waals surface area (Å²) in [4.78, 5) is 13.5. The van der Waals surface area contributed by atoms with Crippen molar-refractivity contribution in [3.8, 4) is 11.5 Å². The zero-order chi connectivity index (χ0) is 22.4. The fourth-order valence-electron chi connectivity index (χ4n) is 4.00. The summed E-state index contributed by atoms with van der Waals surface area (Å²) in [6.07, 6.45) is 5.58. The normalized spacial score (nSPS) is 19.6. The van der Waals surface area contributed by atoms with Gasteiger partial charge in [0.25, 0.3) is 0 Å². The lowest BCUT2D eigenvalue weighted by molar-refractivity contribution is -0.113. The number of allylic oxidation sites excluding steroid dienone is 2. The molecular weight excluding hydrogens is 384 g/mol. The van der Waals surface area contributed by atoms with Crippen molar-refractivity contribution in [1.29, 1.82) is 0 Å². The van der Waals surface area contributed by atoms with Crippen LogP contribution in [0, 0.1) is 11.3 Å². The van der Waals surface area contributed by atoms with Gasteiger partial charge in [0.15, 0.2) is 5.78 Å². The second-order valence-electron chi connectivity index (χ2n) is 9.08. The van der Waals surface area contributed by atoms with Gasteiger partial charge in [-0.2, -0.15) is 0 Å². The van der Waals surface area contributed by atoms with E-state index in [0.717, 1.165) is 46.6 Å². The number of para-hydroxylation sites is 2. The van der Waals surface area contributed by atoms with E-state index in [1.54, 1.807) is 0 Å². The molecule has 0 saturated heterocycles. The summed E-state index contributed by atoms with van der Waals surface area (Å²) in [5.74, 6) is 2.13. The number of benzene rings is 2. The van der Waals surface area contributed by atoms with E-state index < -0.39 is 0 Å². The Morgan fingerprint density at radius 3 is 1.61 bits per heavy atom. The van der Waals surface area contributed by atoms with Gasteiger partial charge < -0.3 is 9.47 Å². The second-order valence-corrected chi connectivity index (χ2v) is 9.08. The summed E-state index contributed by atoms with van der Waals surface area (Å²) in [5, 5.41) is 0. The first kappa shape index (κ1) is 22.9. The first-order valence-corrected chi connectivity index (χ1v) is 11.2. The number of ketones is 1. The molecule has 1 saturated carbocycles. The van der Waals surface area contributed by atoms with Gasteiger partial charge in [0.1, 0.15) is 11.5 Å². The van der Waals surface area contributed by atoms with Gasteiger partial charge in [0.05, 0.1) is 13.2 Å². The molecule has 3 nitrogen and oxygen atoms in total. The molecule has 0 unspecified atom stereocenters. The highest BCUT2D eigenvalue weighted by molar-refractivity contribution is 6.14. The van der Waals surface area contributed by atoms with Crippen molar-refractivity contribution in [3.63, 3.8) is 0 Å². The smallest absolute Gasteiger partial charge is 0.185 e. The Bertz CT molecular complexity index is 904. The van der Waals surface area contributed by atoms with Crippen LogP contribution >= 0.6 is 0 Å². The van der Waals surface area contributed by atoms with Crippen molar-refractivity contribution in [2.75, 3.05) is 13.2 Å². The molecule has 164 valence electrons. The molecule has 3 heteroatoms. The molecule has 0 spiro atoms. The van der Waals surface area contributed by atoms with E-state index in [1.807, 2.05) is 74.5 Å². The molecule has 0 atom stereocenters. The number of hydrogen-bond donors (Lipinski definition) is 0. The average Bonchev–Trinajstić information content (AvgIpc) is 2.73. The largest absolute Gasteiger partial charge is 0.493 e. The van der Waals surface area contributed by atoms with E-state index in [9.17, 15) is 4.79 Å². The van der Waals surface area contributed by atoms with Crippen molar-refractivity contribution < 1.29 is 14.3 Å². The van der Waals surface area contributed by atoms with Crippen LogP contribution in [0.15, 0.2) is 59.7 Å². The van der Waals surface area contributed by atoms with Crippen LogP contribution in [0.4, 0.5) is 0 Å². The number of Topliss-reactive ketones (excluding diaryl/α,β-unsaturated/α-hetero) is 1.